The Morgan fingerprint density at radius 2 is 1.78 bits per heavy atom. The SMILES string of the molecule is CCC(C)[C@H](N)C(=O)N[C@H](C(=O)NC(C)(C)CC(=O)Nc1cncc(C(=O)O)c1N)C1CCCCC1. The van der Waals surface area contributed by atoms with Crippen molar-refractivity contribution in [1.29, 1.82) is 0 Å². The largest absolute Gasteiger partial charge is 0.478 e. The van der Waals surface area contributed by atoms with Crippen LogP contribution in [0.25, 0.3) is 0 Å². The summed E-state index contributed by atoms with van der Waals surface area (Å²) in [6, 6.07) is -1.46. The Labute approximate surface area is 212 Å². The predicted octanol–water partition coefficient (Wildman–Crippen LogP) is 2.02. The molecule has 1 unspecified atom stereocenters. The van der Waals surface area contributed by atoms with Crippen molar-refractivity contribution in [3.63, 3.8) is 0 Å². The first-order valence-corrected chi connectivity index (χ1v) is 12.5. The van der Waals surface area contributed by atoms with Crippen molar-refractivity contribution < 1.29 is 24.3 Å². The average molecular weight is 505 g/mol. The molecule has 200 valence electrons. The van der Waals surface area contributed by atoms with E-state index in [1.54, 1.807) is 13.8 Å². The number of nitrogens with zero attached hydrogens (tertiary/aromatic N) is 1. The molecule has 0 spiro atoms. The first-order chi connectivity index (χ1) is 16.9. The zero-order chi connectivity index (χ0) is 27.0. The van der Waals surface area contributed by atoms with Gasteiger partial charge in [-0.05, 0) is 38.5 Å². The number of carbonyl (C=O) groups is 4. The molecule has 2 rings (SSSR count). The molecule has 0 radical (unpaired) electrons. The minimum absolute atomic E-state index is 0.0129. The number of carboxylic acids is 1. The van der Waals surface area contributed by atoms with Crippen molar-refractivity contribution in [2.75, 3.05) is 11.1 Å². The van der Waals surface area contributed by atoms with Gasteiger partial charge in [0, 0.05) is 18.2 Å². The summed E-state index contributed by atoms with van der Waals surface area (Å²) < 4.78 is 0. The molecule has 1 heterocycles. The fourth-order valence-corrected chi connectivity index (χ4v) is 4.42. The summed E-state index contributed by atoms with van der Waals surface area (Å²) in [5.41, 5.74) is 10.7. The Kier molecular flexibility index (Phi) is 10.2. The van der Waals surface area contributed by atoms with Crippen LogP contribution in [-0.4, -0.2) is 51.4 Å². The number of aromatic carboxylic acids is 1. The molecule has 1 aromatic rings. The van der Waals surface area contributed by atoms with Gasteiger partial charge in [0.2, 0.25) is 17.7 Å². The minimum Gasteiger partial charge on any atom is -0.478 e. The monoisotopic (exact) mass is 504 g/mol. The maximum Gasteiger partial charge on any atom is 0.339 e. The number of nitrogens with one attached hydrogen (secondary N) is 3. The van der Waals surface area contributed by atoms with Crippen LogP contribution in [0.2, 0.25) is 0 Å². The lowest BCUT2D eigenvalue weighted by Crippen LogP contribution is -2.59. The first kappa shape index (κ1) is 29.0. The highest BCUT2D eigenvalue weighted by atomic mass is 16.4. The molecule has 1 fully saturated rings. The second-order valence-electron chi connectivity index (χ2n) is 10.3. The highest BCUT2D eigenvalue weighted by molar-refractivity contribution is 6.01. The van der Waals surface area contributed by atoms with Crippen molar-refractivity contribution in [2.24, 2.45) is 17.6 Å². The Morgan fingerprint density at radius 1 is 1.14 bits per heavy atom. The van der Waals surface area contributed by atoms with E-state index >= 15 is 0 Å². The van der Waals surface area contributed by atoms with E-state index in [0.29, 0.717) is 0 Å². The van der Waals surface area contributed by atoms with Crippen molar-refractivity contribution >= 4 is 35.1 Å². The molecule has 1 saturated carbocycles. The summed E-state index contributed by atoms with van der Waals surface area (Å²) in [7, 11) is 0. The Balaban J connectivity index is 2.10. The van der Waals surface area contributed by atoms with Crippen molar-refractivity contribution in [3.8, 4) is 0 Å². The number of nitrogen functional groups attached to an aromatic ring is 1. The lowest BCUT2D eigenvalue weighted by molar-refractivity contribution is -0.133. The number of nitrogens with two attached hydrogens (primary N) is 2. The van der Waals surface area contributed by atoms with Crippen LogP contribution in [0.1, 0.15) is 83.0 Å². The quantitative estimate of drug-likeness (QED) is 0.264. The van der Waals surface area contributed by atoms with Crippen LogP contribution in [-0.2, 0) is 14.4 Å². The smallest absolute Gasteiger partial charge is 0.339 e. The Bertz CT molecular complexity index is 960. The summed E-state index contributed by atoms with van der Waals surface area (Å²) in [5.74, 6) is -2.49. The second kappa shape index (κ2) is 12.7. The zero-order valence-corrected chi connectivity index (χ0v) is 21.6. The van der Waals surface area contributed by atoms with E-state index in [0.717, 1.165) is 44.7 Å². The standard InChI is InChI=1S/C25H40N6O5/c1-5-14(2)19(26)22(33)30-21(15-9-7-6-8-10-15)23(34)31-25(3,4)11-18(32)29-17-13-28-12-16(20(17)27)24(35)36/h12-15,19,21H,5-11,26H2,1-4H3,(H2,27,28)(H,29,32)(H,30,33)(H,31,34)(H,35,36)/t14?,19-,21-/m0/s1. The molecule has 3 amide bonds. The molecule has 0 aliphatic heterocycles. The lowest BCUT2D eigenvalue weighted by atomic mass is 9.82. The molecular formula is C25H40N6O5. The van der Waals surface area contributed by atoms with Crippen LogP contribution in [0.15, 0.2) is 12.4 Å². The molecule has 8 N–H and O–H groups in total. The van der Waals surface area contributed by atoms with Gasteiger partial charge < -0.3 is 32.5 Å². The van der Waals surface area contributed by atoms with Crippen LogP contribution in [0.5, 0.6) is 0 Å². The lowest BCUT2D eigenvalue weighted by Gasteiger charge is -2.34. The van der Waals surface area contributed by atoms with E-state index in [9.17, 15) is 24.3 Å². The van der Waals surface area contributed by atoms with E-state index in [2.05, 4.69) is 20.9 Å². The molecule has 3 atom stereocenters. The third-order valence-electron chi connectivity index (χ3n) is 6.82. The van der Waals surface area contributed by atoms with Gasteiger partial charge in [-0.25, -0.2) is 4.79 Å². The molecule has 36 heavy (non-hydrogen) atoms. The van der Waals surface area contributed by atoms with E-state index in [4.69, 9.17) is 11.5 Å². The van der Waals surface area contributed by atoms with Gasteiger partial charge >= 0.3 is 5.97 Å². The van der Waals surface area contributed by atoms with Gasteiger partial charge in [0.25, 0.3) is 0 Å². The summed E-state index contributed by atoms with van der Waals surface area (Å²) in [5, 5.41) is 17.5. The van der Waals surface area contributed by atoms with Crippen molar-refractivity contribution in [3.05, 3.63) is 18.0 Å². The fourth-order valence-electron chi connectivity index (χ4n) is 4.42. The number of aromatic nitrogens is 1. The molecule has 11 heteroatoms. The van der Waals surface area contributed by atoms with Gasteiger partial charge in [-0.15, -0.1) is 0 Å². The van der Waals surface area contributed by atoms with Crippen LogP contribution in [0.4, 0.5) is 11.4 Å². The van der Waals surface area contributed by atoms with Crippen LogP contribution in [0.3, 0.4) is 0 Å². The number of amides is 3. The number of anilines is 2. The number of carbonyl (C=O) groups excluding carboxylic acids is 3. The van der Waals surface area contributed by atoms with Gasteiger partial charge in [-0.1, -0.05) is 39.5 Å². The number of hydrogen-bond donors (Lipinski definition) is 6. The molecule has 11 nitrogen and oxygen atoms in total. The highest BCUT2D eigenvalue weighted by Gasteiger charge is 2.36. The van der Waals surface area contributed by atoms with Crippen molar-refractivity contribution in [2.45, 2.75) is 90.3 Å². The van der Waals surface area contributed by atoms with Crippen molar-refractivity contribution in [1.82, 2.24) is 15.6 Å². The Hall–Kier alpha value is -3.21. The summed E-state index contributed by atoms with van der Waals surface area (Å²) in [6.45, 7) is 7.25. The number of hydrogen-bond acceptors (Lipinski definition) is 7. The molecule has 1 aliphatic rings. The van der Waals surface area contributed by atoms with E-state index in [-0.39, 0.29) is 47.0 Å². The summed E-state index contributed by atoms with van der Waals surface area (Å²) in [4.78, 5) is 54.0. The molecule has 0 saturated heterocycles. The first-order valence-electron chi connectivity index (χ1n) is 12.5. The summed E-state index contributed by atoms with van der Waals surface area (Å²) >= 11 is 0. The minimum atomic E-state index is -1.26. The van der Waals surface area contributed by atoms with E-state index in [1.165, 1.54) is 6.20 Å². The average Bonchev–Trinajstić information content (AvgIpc) is 2.82. The zero-order valence-electron chi connectivity index (χ0n) is 21.6. The van der Waals surface area contributed by atoms with E-state index in [1.807, 2.05) is 13.8 Å². The van der Waals surface area contributed by atoms with Gasteiger partial charge in [0.1, 0.15) is 11.6 Å². The maximum absolute atomic E-state index is 13.4. The van der Waals surface area contributed by atoms with Gasteiger partial charge in [-0.3, -0.25) is 19.4 Å². The van der Waals surface area contributed by atoms with Crippen LogP contribution in [0, 0.1) is 11.8 Å². The van der Waals surface area contributed by atoms with Gasteiger partial charge in [0.05, 0.1) is 23.6 Å². The Morgan fingerprint density at radius 3 is 2.36 bits per heavy atom. The molecule has 0 bridgehead atoms. The van der Waals surface area contributed by atoms with Crippen LogP contribution < -0.4 is 27.4 Å². The molecule has 1 aromatic heterocycles. The topological polar surface area (TPSA) is 190 Å². The third kappa shape index (κ3) is 7.91. The number of rotatable bonds is 11. The summed E-state index contributed by atoms with van der Waals surface area (Å²) in [6.07, 6.45) is 7.70. The molecule has 0 aromatic carbocycles. The van der Waals surface area contributed by atoms with Crippen LogP contribution >= 0.6 is 0 Å². The predicted molar refractivity (Wildman–Crippen MR) is 137 cm³/mol. The third-order valence-corrected chi connectivity index (χ3v) is 6.82. The van der Waals surface area contributed by atoms with Gasteiger partial charge in [-0.2, -0.15) is 0 Å². The normalized spacial score (nSPS) is 16.9. The fraction of sp³-hybridized carbons (Fsp3) is 0.640. The molecular weight excluding hydrogens is 464 g/mol. The van der Waals surface area contributed by atoms with E-state index < -0.39 is 29.5 Å². The number of pyridine rings is 1. The van der Waals surface area contributed by atoms with Gasteiger partial charge in [0.15, 0.2) is 0 Å². The maximum atomic E-state index is 13.4. The second-order valence-corrected chi connectivity index (χ2v) is 10.3. The molecule has 1 aliphatic carbocycles. The highest BCUT2D eigenvalue weighted by Crippen LogP contribution is 2.28. The number of carboxylic acid groups (broad SMARTS) is 1.